The molecule has 0 spiro atoms. The lowest BCUT2D eigenvalue weighted by atomic mass is 9.96. The Kier molecular flexibility index (Phi) is 6.13. The molecule has 0 saturated heterocycles. The molecule has 0 heterocycles. The van der Waals surface area contributed by atoms with Crippen molar-refractivity contribution in [3.8, 4) is 0 Å². The molecule has 0 aliphatic carbocycles. The summed E-state index contributed by atoms with van der Waals surface area (Å²) >= 11 is 0. The highest BCUT2D eigenvalue weighted by molar-refractivity contribution is 5.87. The van der Waals surface area contributed by atoms with Crippen LogP contribution >= 0.6 is 0 Å². The number of benzene rings is 2. The molecule has 2 aromatic rings. The molecule has 3 N–H and O–H groups in total. The topological polar surface area (TPSA) is 72.2 Å². The van der Waals surface area contributed by atoms with Crippen molar-refractivity contribution in [2.45, 2.75) is 39.2 Å². The highest BCUT2D eigenvalue weighted by Crippen LogP contribution is 2.15. The Morgan fingerprint density at radius 3 is 2.21 bits per heavy atom. The van der Waals surface area contributed by atoms with E-state index in [1.165, 1.54) is 0 Å². The van der Waals surface area contributed by atoms with E-state index in [-0.39, 0.29) is 5.91 Å². The monoisotopic (exact) mass is 324 g/mol. The molecule has 0 fully saturated rings. The Hall–Kier alpha value is -2.62. The molecule has 126 valence electrons. The smallest absolute Gasteiger partial charge is 0.240 e. The zero-order valence-electron chi connectivity index (χ0n) is 14.2. The third kappa shape index (κ3) is 4.95. The van der Waals surface area contributed by atoms with Crippen LogP contribution in [0, 0.1) is 13.8 Å². The van der Waals surface area contributed by atoms with Gasteiger partial charge in [0.15, 0.2) is 0 Å². The van der Waals surface area contributed by atoms with Gasteiger partial charge in [-0.15, -0.1) is 0 Å². The zero-order valence-corrected chi connectivity index (χ0v) is 14.2. The fraction of sp³-hybridized carbons (Fsp3) is 0.300. The molecule has 4 heteroatoms. The predicted octanol–water partition coefficient (Wildman–Crippen LogP) is 2.45. The summed E-state index contributed by atoms with van der Waals surface area (Å²) in [5, 5.41) is 2.78. The SMILES string of the molecule is Cc1cccc(C)c1C[C@H](NC(=O)CCc1ccccc1)C(N)=O. The van der Waals surface area contributed by atoms with Crippen molar-refractivity contribution in [2.75, 3.05) is 0 Å². The highest BCUT2D eigenvalue weighted by Gasteiger charge is 2.20. The van der Waals surface area contributed by atoms with Gasteiger partial charge in [0.2, 0.25) is 11.8 Å². The summed E-state index contributed by atoms with van der Waals surface area (Å²) in [6.45, 7) is 4.00. The van der Waals surface area contributed by atoms with E-state index in [1.54, 1.807) is 0 Å². The van der Waals surface area contributed by atoms with Crippen LogP contribution in [-0.2, 0) is 22.4 Å². The molecule has 0 unspecified atom stereocenters. The fourth-order valence-electron chi connectivity index (χ4n) is 2.77. The van der Waals surface area contributed by atoms with Crippen LogP contribution in [0.15, 0.2) is 48.5 Å². The maximum Gasteiger partial charge on any atom is 0.240 e. The van der Waals surface area contributed by atoms with Gasteiger partial charge < -0.3 is 11.1 Å². The van der Waals surface area contributed by atoms with Crippen molar-refractivity contribution < 1.29 is 9.59 Å². The number of hydrogen-bond donors (Lipinski definition) is 2. The second-order valence-corrected chi connectivity index (χ2v) is 6.08. The number of nitrogens with two attached hydrogens (primary N) is 1. The standard InChI is InChI=1S/C20H24N2O2/c1-14-7-6-8-15(2)17(14)13-18(20(21)24)22-19(23)12-11-16-9-4-3-5-10-16/h3-10,18H,11-13H2,1-2H3,(H2,21,24)(H,22,23)/t18-/m0/s1. The average molecular weight is 324 g/mol. The van der Waals surface area contributed by atoms with Gasteiger partial charge in [-0.1, -0.05) is 48.5 Å². The summed E-state index contributed by atoms with van der Waals surface area (Å²) < 4.78 is 0. The molecule has 0 radical (unpaired) electrons. The van der Waals surface area contributed by atoms with E-state index in [4.69, 9.17) is 5.73 Å². The minimum atomic E-state index is -0.687. The minimum Gasteiger partial charge on any atom is -0.368 e. The molecular weight excluding hydrogens is 300 g/mol. The number of primary amides is 1. The average Bonchev–Trinajstić information content (AvgIpc) is 2.56. The number of aryl methyl sites for hydroxylation is 3. The van der Waals surface area contributed by atoms with Gasteiger partial charge in [0.25, 0.3) is 0 Å². The molecule has 0 aliphatic heterocycles. The minimum absolute atomic E-state index is 0.158. The van der Waals surface area contributed by atoms with E-state index >= 15 is 0 Å². The Labute approximate surface area is 143 Å². The van der Waals surface area contributed by atoms with Crippen LogP contribution in [0.1, 0.15) is 28.7 Å². The van der Waals surface area contributed by atoms with Gasteiger partial charge in [-0.25, -0.2) is 0 Å². The van der Waals surface area contributed by atoms with Crippen molar-refractivity contribution in [1.29, 1.82) is 0 Å². The molecule has 24 heavy (non-hydrogen) atoms. The first kappa shape index (κ1) is 17.7. The van der Waals surface area contributed by atoms with Gasteiger partial charge in [0.05, 0.1) is 0 Å². The number of nitrogens with one attached hydrogen (secondary N) is 1. The third-order valence-electron chi connectivity index (χ3n) is 4.21. The van der Waals surface area contributed by atoms with E-state index in [0.29, 0.717) is 19.3 Å². The molecule has 0 saturated carbocycles. The van der Waals surface area contributed by atoms with Crippen LogP contribution in [0.3, 0.4) is 0 Å². The Bertz CT molecular complexity index is 691. The second-order valence-electron chi connectivity index (χ2n) is 6.08. The molecule has 0 aliphatic rings. The number of rotatable bonds is 7. The maximum absolute atomic E-state index is 12.2. The Morgan fingerprint density at radius 1 is 1.00 bits per heavy atom. The predicted molar refractivity (Wildman–Crippen MR) is 95.5 cm³/mol. The van der Waals surface area contributed by atoms with Crippen LogP contribution in [0.2, 0.25) is 0 Å². The van der Waals surface area contributed by atoms with Crippen molar-refractivity contribution in [3.63, 3.8) is 0 Å². The summed E-state index contributed by atoms with van der Waals surface area (Å²) in [6.07, 6.45) is 1.40. The fourth-order valence-corrected chi connectivity index (χ4v) is 2.77. The molecule has 1 atom stereocenters. The van der Waals surface area contributed by atoms with Crippen LogP contribution in [0.4, 0.5) is 0 Å². The summed E-state index contributed by atoms with van der Waals surface area (Å²) in [7, 11) is 0. The lowest BCUT2D eigenvalue weighted by molar-refractivity contribution is -0.127. The van der Waals surface area contributed by atoms with Gasteiger partial charge in [0.1, 0.15) is 6.04 Å². The third-order valence-corrected chi connectivity index (χ3v) is 4.21. The van der Waals surface area contributed by atoms with E-state index in [9.17, 15) is 9.59 Å². The lowest BCUT2D eigenvalue weighted by Crippen LogP contribution is -2.46. The summed E-state index contributed by atoms with van der Waals surface area (Å²) in [5.41, 5.74) is 9.84. The van der Waals surface area contributed by atoms with Gasteiger partial charge in [-0.3, -0.25) is 9.59 Å². The molecule has 2 aromatic carbocycles. The van der Waals surface area contributed by atoms with E-state index in [1.807, 2.05) is 62.4 Å². The van der Waals surface area contributed by atoms with Gasteiger partial charge >= 0.3 is 0 Å². The van der Waals surface area contributed by atoms with Crippen LogP contribution < -0.4 is 11.1 Å². The number of carbonyl (C=O) groups excluding carboxylic acids is 2. The number of amides is 2. The first-order valence-corrected chi connectivity index (χ1v) is 8.15. The Morgan fingerprint density at radius 2 is 1.62 bits per heavy atom. The molecule has 4 nitrogen and oxygen atoms in total. The zero-order chi connectivity index (χ0) is 17.5. The number of carbonyl (C=O) groups is 2. The lowest BCUT2D eigenvalue weighted by Gasteiger charge is -2.18. The molecular formula is C20H24N2O2. The second kappa shape index (κ2) is 8.29. The molecule has 2 rings (SSSR count). The van der Waals surface area contributed by atoms with Gasteiger partial charge in [-0.2, -0.15) is 0 Å². The van der Waals surface area contributed by atoms with Crippen LogP contribution in [0.5, 0.6) is 0 Å². The summed E-state index contributed by atoms with van der Waals surface area (Å²) in [5.74, 6) is -0.667. The van der Waals surface area contributed by atoms with Crippen molar-refractivity contribution in [1.82, 2.24) is 5.32 Å². The van der Waals surface area contributed by atoms with Crippen LogP contribution in [0.25, 0.3) is 0 Å². The number of hydrogen-bond acceptors (Lipinski definition) is 2. The van der Waals surface area contributed by atoms with Gasteiger partial charge in [0, 0.05) is 12.8 Å². The van der Waals surface area contributed by atoms with E-state index in [0.717, 1.165) is 22.3 Å². The van der Waals surface area contributed by atoms with Crippen molar-refractivity contribution >= 4 is 11.8 Å². The van der Waals surface area contributed by atoms with Gasteiger partial charge in [-0.05, 0) is 42.5 Å². The molecule has 0 aromatic heterocycles. The van der Waals surface area contributed by atoms with Crippen LogP contribution in [-0.4, -0.2) is 17.9 Å². The first-order valence-electron chi connectivity index (χ1n) is 8.15. The largest absolute Gasteiger partial charge is 0.368 e. The maximum atomic E-state index is 12.2. The highest BCUT2D eigenvalue weighted by atomic mass is 16.2. The first-order chi connectivity index (χ1) is 11.5. The Balaban J connectivity index is 1.98. The summed E-state index contributed by atoms with van der Waals surface area (Å²) in [4.78, 5) is 23.9. The van der Waals surface area contributed by atoms with E-state index < -0.39 is 11.9 Å². The quantitative estimate of drug-likeness (QED) is 0.821. The van der Waals surface area contributed by atoms with E-state index in [2.05, 4.69) is 5.32 Å². The summed E-state index contributed by atoms with van der Waals surface area (Å²) in [6, 6.07) is 15.1. The molecule has 2 amide bonds. The normalized spacial score (nSPS) is 11.8. The molecule has 0 bridgehead atoms. The van der Waals surface area contributed by atoms with Crippen molar-refractivity contribution in [2.24, 2.45) is 5.73 Å². The van der Waals surface area contributed by atoms with Crippen molar-refractivity contribution in [3.05, 3.63) is 70.8 Å².